The molecule has 5 heteroatoms. The minimum Gasteiger partial charge on any atom is -0.393 e. The molecule has 0 bridgehead atoms. The summed E-state index contributed by atoms with van der Waals surface area (Å²) >= 11 is 0. The minimum atomic E-state index is -0.272. The van der Waals surface area contributed by atoms with Crippen LogP contribution in [0.15, 0.2) is 24.5 Å². The lowest BCUT2D eigenvalue weighted by atomic mass is 9.86. The highest BCUT2D eigenvalue weighted by atomic mass is 16.3. The van der Waals surface area contributed by atoms with Gasteiger partial charge in [-0.3, -0.25) is 4.98 Å². The van der Waals surface area contributed by atoms with Gasteiger partial charge in [0.05, 0.1) is 12.1 Å². The first-order chi connectivity index (χ1) is 10.1. The lowest BCUT2D eigenvalue weighted by molar-refractivity contribution is 0.0563. The molecule has 1 fully saturated rings. The average Bonchev–Trinajstić information content (AvgIpc) is 2.50. The standard InChI is InChI=1S/C16H25N3O2/c1-12(13-7-9-17-10-8-13)18-16(21)19(2)11-14-5-3-4-6-15(14)20/h7-10,12,14-15,20H,3-6,11H2,1-2H3,(H,18,21)/t12-,14+,15+/m0/s1. The van der Waals surface area contributed by atoms with Gasteiger partial charge in [0.15, 0.2) is 0 Å². The van der Waals surface area contributed by atoms with E-state index in [2.05, 4.69) is 10.3 Å². The smallest absolute Gasteiger partial charge is 0.317 e. The van der Waals surface area contributed by atoms with Crippen molar-refractivity contribution in [3.63, 3.8) is 0 Å². The van der Waals surface area contributed by atoms with Crippen LogP contribution < -0.4 is 5.32 Å². The molecule has 0 spiro atoms. The SMILES string of the molecule is C[C@H](NC(=O)N(C)C[C@H]1CCCC[C@H]1O)c1ccncc1. The fourth-order valence-corrected chi connectivity index (χ4v) is 2.87. The molecule has 5 nitrogen and oxygen atoms in total. The van der Waals surface area contributed by atoms with Crippen LogP contribution in [0, 0.1) is 5.92 Å². The van der Waals surface area contributed by atoms with Gasteiger partial charge in [0, 0.05) is 31.9 Å². The molecule has 21 heavy (non-hydrogen) atoms. The number of rotatable bonds is 4. The summed E-state index contributed by atoms with van der Waals surface area (Å²) in [5.41, 5.74) is 1.03. The molecule has 2 N–H and O–H groups in total. The highest BCUT2D eigenvalue weighted by Crippen LogP contribution is 2.25. The Labute approximate surface area is 126 Å². The Morgan fingerprint density at radius 2 is 2.10 bits per heavy atom. The summed E-state index contributed by atoms with van der Waals surface area (Å²) < 4.78 is 0. The molecule has 0 aromatic carbocycles. The number of carbonyl (C=O) groups is 1. The third kappa shape index (κ3) is 4.43. The molecular weight excluding hydrogens is 266 g/mol. The van der Waals surface area contributed by atoms with Crippen molar-refractivity contribution in [2.24, 2.45) is 5.92 Å². The Bertz CT molecular complexity index is 452. The van der Waals surface area contributed by atoms with Crippen LogP contribution in [0.1, 0.15) is 44.2 Å². The fraction of sp³-hybridized carbons (Fsp3) is 0.625. The molecule has 0 aliphatic heterocycles. The number of hydrogen-bond donors (Lipinski definition) is 2. The number of carbonyl (C=O) groups excluding carboxylic acids is 1. The molecular formula is C16H25N3O2. The summed E-state index contributed by atoms with van der Waals surface area (Å²) in [5.74, 6) is 0.200. The van der Waals surface area contributed by atoms with E-state index in [4.69, 9.17) is 0 Å². The summed E-state index contributed by atoms with van der Waals surface area (Å²) in [4.78, 5) is 17.9. The molecule has 1 heterocycles. The number of nitrogens with zero attached hydrogens (tertiary/aromatic N) is 2. The van der Waals surface area contributed by atoms with Crippen LogP contribution in [0.5, 0.6) is 0 Å². The normalized spacial score (nSPS) is 23.4. The maximum atomic E-state index is 12.2. The van der Waals surface area contributed by atoms with E-state index >= 15 is 0 Å². The van der Waals surface area contributed by atoms with Gasteiger partial charge in [-0.2, -0.15) is 0 Å². The molecule has 1 aliphatic carbocycles. The second-order valence-electron chi connectivity index (χ2n) is 5.94. The van der Waals surface area contributed by atoms with E-state index in [9.17, 15) is 9.90 Å². The van der Waals surface area contributed by atoms with Crippen molar-refractivity contribution in [1.29, 1.82) is 0 Å². The van der Waals surface area contributed by atoms with Crippen molar-refractivity contribution in [1.82, 2.24) is 15.2 Å². The molecule has 0 unspecified atom stereocenters. The largest absolute Gasteiger partial charge is 0.393 e. The van der Waals surface area contributed by atoms with Gasteiger partial charge in [0.25, 0.3) is 0 Å². The van der Waals surface area contributed by atoms with Crippen molar-refractivity contribution in [2.75, 3.05) is 13.6 Å². The summed E-state index contributed by atoms with van der Waals surface area (Å²) in [7, 11) is 1.79. The van der Waals surface area contributed by atoms with E-state index in [-0.39, 0.29) is 24.1 Å². The molecule has 0 radical (unpaired) electrons. The van der Waals surface area contributed by atoms with E-state index in [0.717, 1.165) is 31.2 Å². The Morgan fingerprint density at radius 1 is 1.43 bits per heavy atom. The Kier molecular flexibility index (Phi) is 5.56. The second-order valence-corrected chi connectivity index (χ2v) is 5.94. The lowest BCUT2D eigenvalue weighted by Gasteiger charge is -2.31. The lowest BCUT2D eigenvalue weighted by Crippen LogP contribution is -2.43. The predicted octanol–water partition coefficient (Wildman–Crippen LogP) is 2.34. The van der Waals surface area contributed by atoms with Gasteiger partial charge >= 0.3 is 6.03 Å². The van der Waals surface area contributed by atoms with E-state index in [0.29, 0.717) is 6.54 Å². The second kappa shape index (κ2) is 7.41. The zero-order chi connectivity index (χ0) is 15.2. The summed E-state index contributed by atoms with van der Waals surface area (Å²) in [5, 5.41) is 13.0. The Balaban J connectivity index is 1.84. The maximum Gasteiger partial charge on any atom is 0.317 e. The first kappa shape index (κ1) is 15.8. The molecule has 1 aromatic heterocycles. The molecule has 1 aromatic rings. The molecule has 2 rings (SSSR count). The van der Waals surface area contributed by atoms with Gasteiger partial charge in [0.2, 0.25) is 0 Å². The van der Waals surface area contributed by atoms with Crippen LogP contribution in [-0.4, -0.2) is 40.7 Å². The summed E-state index contributed by atoms with van der Waals surface area (Å²) in [6, 6.07) is 3.64. The molecule has 0 saturated heterocycles. The van der Waals surface area contributed by atoms with E-state index in [1.54, 1.807) is 24.3 Å². The van der Waals surface area contributed by atoms with Crippen LogP contribution in [0.4, 0.5) is 4.79 Å². The number of nitrogens with one attached hydrogen (secondary N) is 1. The molecule has 1 saturated carbocycles. The van der Waals surface area contributed by atoms with Crippen molar-refractivity contribution in [2.45, 2.75) is 44.8 Å². The number of aromatic nitrogens is 1. The van der Waals surface area contributed by atoms with E-state index in [1.807, 2.05) is 19.1 Å². The molecule has 3 atom stereocenters. The quantitative estimate of drug-likeness (QED) is 0.895. The third-order valence-electron chi connectivity index (χ3n) is 4.27. The first-order valence-corrected chi connectivity index (χ1v) is 7.67. The van der Waals surface area contributed by atoms with Crippen LogP contribution in [0.25, 0.3) is 0 Å². The number of urea groups is 1. The van der Waals surface area contributed by atoms with Gasteiger partial charge in [-0.15, -0.1) is 0 Å². The van der Waals surface area contributed by atoms with Crippen LogP contribution in [0.3, 0.4) is 0 Å². The monoisotopic (exact) mass is 291 g/mol. The Hall–Kier alpha value is -1.62. The number of amides is 2. The first-order valence-electron chi connectivity index (χ1n) is 7.67. The molecule has 1 aliphatic rings. The van der Waals surface area contributed by atoms with Gasteiger partial charge in [-0.1, -0.05) is 12.8 Å². The third-order valence-corrected chi connectivity index (χ3v) is 4.27. The van der Waals surface area contributed by atoms with E-state index < -0.39 is 0 Å². The molecule has 2 amide bonds. The van der Waals surface area contributed by atoms with Gasteiger partial charge in [0.1, 0.15) is 0 Å². The van der Waals surface area contributed by atoms with Crippen molar-refractivity contribution in [3.8, 4) is 0 Å². The Morgan fingerprint density at radius 3 is 2.76 bits per heavy atom. The fourth-order valence-electron chi connectivity index (χ4n) is 2.87. The summed E-state index contributed by atoms with van der Waals surface area (Å²) in [6.07, 6.45) is 7.26. The topological polar surface area (TPSA) is 65.5 Å². The zero-order valence-corrected chi connectivity index (χ0v) is 12.8. The number of aliphatic hydroxyl groups excluding tert-OH is 1. The predicted molar refractivity (Wildman–Crippen MR) is 81.8 cm³/mol. The van der Waals surface area contributed by atoms with Crippen LogP contribution in [-0.2, 0) is 0 Å². The molecule has 116 valence electrons. The zero-order valence-electron chi connectivity index (χ0n) is 12.8. The van der Waals surface area contributed by atoms with Gasteiger partial charge in [-0.05, 0) is 37.5 Å². The number of hydrogen-bond acceptors (Lipinski definition) is 3. The highest BCUT2D eigenvalue weighted by molar-refractivity contribution is 5.74. The van der Waals surface area contributed by atoms with Crippen molar-refractivity contribution < 1.29 is 9.90 Å². The van der Waals surface area contributed by atoms with Gasteiger partial charge in [-0.25, -0.2) is 4.79 Å². The summed E-state index contributed by atoms with van der Waals surface area (Å²) in [6.45, 7) is 2.56. The van der Waals surface area contributed by atoms with Gasteiger partial charge < -0.3 is 15.3 Å². The van der Waals surface area contributed by atoms with Crippen molar-refractivity contribution in [3.05, 3.63) is 30.1 Å². The van der Waals surface area contributed by atoms with Crippen LogP contribution >= 0.6 is 0 Å². The minimum absolute atomic E-state index is 0.0563. The van der Waals surface area contributed by atoms with E-state index in [1.165, 1.54) is 0 Å². The van der Waals surface area contributed by atoms with Crippen LogP contribution in [0.2, 0.25) is 0 Å². The van der Waals surface area contributed by atoms with Crippen molar-refractivity contribution >= 4 is 6.03 Å². The number of pyridine rings is 1. The maximum absolute atomic E-state index is 12.2. The average molecular weight is 291 g/mol. The highest BCUT2D eigenvalue weighted by Gasteiger charge is 2.25. The number of aliphatic hydroxyl groups is 1.